The molecule has 1 amide bonds. The Hall–Kier alpha value is -2.74. The average molecular weight is 528 g/mol. The van der Waals surface area contributed by atoms with Crippen molar-refractivity contribution in [1.29, 1.82) is 0 Å². The van der Waals surface area contributed by atoms with E-state index in [0.29, 0.717) is 28.8 Å². The van der Waals surface area contributed by atoms with Gasteiger partial charge in [0, 0.05) is 49.4 Å². The first-order valence-corrected chi connectivity index (χ1v) is 10.5. The minimum atomic E-state index is -1.01. The molecule has 4 rings (SSSR count). The number of rotatable bonds is 5. The summed E-state index contributed by atoms with van der Waals surface area (Å²) >= 11 is 0. The topological polar surface area (TPSA) is 85.8 Å². The molecule has 0 saturated carbocycles. The van der Waals surface area contributed by atoms with Crippen LogP contribution in [0.15, 0.2) is 48.5 Å². The fourth-order valence-corrected chi connectivity index (χ4v) is 3.90. The lowest BCUT2D eigenvalue weighted by molar-refractivity contribution is -0.115. The molecule has 0 spiro atoms. The zero-order valence-corrected chi connectivity index (χ0v) is 21.4. The van der Waals surface area contributed by atoms with Crippen molar-refractivity contribution in [2.75, 3.05) is 41.3 Å². The molecule has 2 aromatic carbocycles. The molecule has 3 aromatic rings. The van der Waals surface area contributed by atoms with Gasteiger partial charge >= 0.3 is 5.97 Å². The van der Waals surface area contributed by atoms with Gasteiger partial charge in [-0.05, 0) is 48.9 Å². The summed E-state index contributed by atoms with van der Waals surface area (Å²) in [5.74, 6) is -0.461. The van der Waals surface area contributed by atoms with E-state index in [-0.39, 0.29) is 48.7 Å². The molecule has 0 bridgehead atoms. The van der Waals surface area contributed by atoms with Crippen molar-refractivity contribution in [1.82, 2.24) is 4.98 Å². The van der Waals surface area contributed by atoms with E-state index in [9.17, 15) is 14.7 Å². The van der Waals surface area contributed by atoms with Gasteiger partial charge in [0.15, 0.2) is 0 Å². The lowest BCUT2D eigenvalue weighted by atomic mass is 10.1. The third-order valence-electron chi connectivity index (χ3n) is 5.60. The van der Waals surface area contributed by atoms with Crippen LogP contribution in [0.5, 0.6) is 0 Å². The summed E-state index contributed by atoms with van der Waals surface area (Å²) in [7, 11) is 0. The summed E-state index contributed by atoms with van der Waals surface area (Å²) in [5, 5.41) is 13.1. The molecule has 0 aliphatic carbocycles. The summed E-state index contributed by atoms with van der Waals surface area (Å²) in [4.78, 5) is 32.9. The van der Waals surface area contributed by atoms with Crippen molar-refractivity contribution in [3.63, 3.8) is 0 Å². The van der Waals surface area contributed by atoms with Crippen molar-refractivity contribution >= 4 is 77.2 Å². The van der Waals surface area contributed by atoms with Crippen LogP contribution in [0.2, 0.25) is 0 Å². The predicted molar refractivity (Wildman–Crippen MR) is 145 cm³/mol. The van der Waals surface area contributed by atoms with Gasteiger partial charge in [0.2, 0.25) is 5.91 Å². The number of fused-ring (bicyclic) bond motifs is 1. The van der Waals surface area contributed by atoms with E-state index < -0.39 is 5.97 Å². The van der Waals surface area contributed by atoms with Crippen LogP contribution in [0.1, 0.15) is 29.3 Å². The van der Waals surface area contributed by atoms with Gasteiger partial charge in [0.25, 0.3) is 0 Å². The molecule has 1 aliphatic rings. The SMILES string of the molecule is CCC(=O)Nc1ccc2nc(N3CCN(c4cccc(C)c4)CC3)cc(C(=O)O)c2c1.Cl.Cl.Cl. The maximum absolute atomic E-state index is 12.0. The van der Waals surface area contributed by atoms with Crippen molar-refractivity contribution in [2.24, 2.45) is 0 Å². The van der Waals surface area contributed by atoms with Gasteiger partial charge < -0.3 is 20.2 Å². The molecule has 0 atom stereocenters. The molecule has 10 heteroatoms. The van der Waals surface area contributed by atoms with Crippen LogP contribution in [0, 0.1) is 6.92 Å². The standard InChI is InChI=1S/C24H26N4O3.3ClH/c1-3-23(29)25-17-7-8-21-19(14-17)20(24(30)31)15-22(26-21)28-11-9-27(10-12-28)18-6-4-5-16(2)13-18;;;/h4-8,13-15H,3,9-12H2,1-2H3,(H,25,29)(H,30,31);3*1H. The summed E-state index contributed by atoms with van der Waals surface area (Å²) < 4.78 is 0. The quantitative estimate of drug-likeness (QED) is 0.475. The van der Waals surface area contributed by atoms with Gasteiger partial charge in [0.1, 0.15) is 5.82 Å². The largest absolute Gasteiger partial charge is 0.478 e. The van der Waals surface area contributed by atoms with Crippen LogP contribution in [0.4, 0.5) is 17.2 Å². The van der Waals surface area contributed by atoms with E-state index in [1.165, 1.54) is 11.3 Å². The number of anilines is 3. The average Bonchev–Trinajstić information content (AvgIpc) is 2.78. The Morgan fingerprint density at radius 2 is 1.65 bits per heavy atom. The number of aromatic nitrogens is 1. The van der Waals surface area contributed by atoms with Crippen molar-refractivity contribution < 1.29 is 14.7 Å². The third-order valence-corrected chi connectivity index (χ3v) is 5.60. The van der Waals surface area contributed by atoms with E-state index in [0.717, 1.165) is 26.2 Å². The summed E-state index contributed by atoms with van der Waals surface area (Å²) in [6.07, 6.45) is 0.357. The smallest absolute Gasteiger partial charge is 0.336 e. The number of carboxylic acids is 1. The second-order valence-electron chi connectivity index (χ2n) is 7.78. The Morgan fingerprint density at radius 3 is 2.26 bits per heavy atom. The molecule has 7 nitrogen and oxygen atoms in total. The number of pyridine rings is 1. The first kappa shape index (κ1) is 29.3. The number of piperazine rings is 1. The molecule has 1 fully saturated rings. The first-order chi connectivity index (χ1) is 14.9. The normalized spacial score (nSPS) is 12.8. The number of aryl methyl sites for hydroxylation is 1. The van der Waals surface area contributed by atoms with Gasteiger partial charge in [-0.15, -0.1) is 37.2 Å². The van der Waals surface area contributed by atoms with E-state index in [2.05, 4.69) is 46.3 Å². The Balaban J connectivity index is 0.00000193. The van der Waals surface area contributed by atoms with Crippen LogP contribution in [-0.2, 0) is 4.79 Å². The number of carboxylic acid groups (broad SMARTS) is 1. The van der Waals surface area contributed by atoms with Crippen LogP contribution in [-0.4, -0.2) is 48.1 Å². The van der Waals surface area contributed by atoms with E-state index in [1.54, 1.807) is 31.2 Å². The Kier molecular flexibility index (Phi) is 10.9. The fraction of sp³-hybridized carbons (Fsp3) is 0.292. The number of carbonyl (C=O) groups is 2. The second kappa shape index (κ2) is 12.6. The zero-order chi connectivity index (χ0) is 22.0. The van der Waals surface area contributed by atoms with Crippen molar-refractivity contribution in [3.8, 4) is 0 Å². The van der Waals surface area contributed by atoms with E-state index in [1.807, 2.05) is 0 Å². The molecular formula is C24H29Cl3N4O3. The molecule has 2 N–H and O–H groups in total. The van der Waals surface area contributed by atoms with Crippen molar-refractivity contribution in [2.45, 2.75) is 20.3 Å². The highest BCUT2D eigenvalue weighted by Crippen LogP contribution is 2.27. The molecule has 0 unspecified atom stereocenters. The third kappa shape index (κ3) is 6.44. The maximum atomic E-state index is 12.0. The highest BCUT2D eigenvalue weighted by molar-refractivity contribution is 6.05. The highest BCUT2D eigenvalue weighted by Gasteiger charge is 2.21. The Bertz CT molecular complexity index is 1150. The maximum Gasteiger partial charge on any atom is 0.336 e. The van der Waals surface area contributed by atoms with Gasteiger partial charge in [0.05, 0.1) is 11.1 Å². The van der Waals surface area contributed by atoms with Crippen LogP contribution in [0.25, 0.3) is 10.9 Å². The molecular weight excluding hydrogens is 499 g/mol. The fourth-order valence-electron chi connectivity index (χ4n) is 3.90. The Labute approximate surface area is 217 Å². The summed E-state index contributed by atoms with van der Waals surface area (Å²) in [6.45, 7) is 7.06. The van der Waals surface area contributed by atoms with E-state index >= 15 is 0 Å². The monoisotopic (exact) mass is 526 g/mol. The second-order valence-corrected chi connectivity index (χ2v) is 7.78. The lowest BCUT2D eigenvalue weighted by Crippen LogP contribution is -2.46. The number of aromatic carboxylic acids is 1. The molecule has 0 radical (unpaired) electrons. The van der Waals surface area contributed by atoms with Crippen LogP contribution < -0.4 is 15.1 Å². The summed E-state index contributed by atoms with van der Waals surface area (Å²) in [5.41, 5.74) is 3.80. The molecule has 34 heavy (non-hydrogen) atoms. The van der Waals surface area contributed by atoms with Crippen LogP contribution >= 0.6 is 37.2 Å². The number of halogens is 3. The first-order valence-electron chi connectivity index (χ1n) is 10.5. The number of nitrogens with zero attached hydrogens (tertiary/aromatic N) is 3. The zero-order valence-electron chi connectivity index (χ0n) is 19.0. The minimum absolute atomic E-state index is 0. The molecule has 184 valence electrons. The number of amides is 1. The van der Waals surface area contributed by atoms with Crippen molar-refractivity contribution in [3.05, 3.63) is 59.7 Å². The highest BCUT2D eigenvalue weighted by atomic mass is 35.5. The van der Waals surface area contributed by atoms with Crippen LogP contribution in [0.3, 0.4) is 0 Å². The van der Waals surface area contributed by atoms with E-state index in [4.69, 9.17) is 4.98 Å². The number of carbonyl (C=O) groups excluding carboxylic acids is 1. The number of hydrogen-bond acceptors (Lipinski definition) is 5. The summed E-state index contributed by atoms with van der Waals surface area (Å²) in [6, 6.07) is 15.3. The van der Waals surface area contributed by atoms with Gasteiger partial charge in [-0.25, -0.2) is 9.78 Å². The van der Waals surface area contributed by atoms with Gasteiger partial charge in [-0.3, -0.25) is 4.79 Å². The van der Waals surface area contributed by atoms with Gasteiger partial charge in [-0.1, -0.05) is 19.1 Å². The molecule has 1 aromatic heterocycles. The minimum Gasteiger partial charge on any atom is -0.478 e. The molecule has 1 aliphatic heterocycles. The lowest BCUT2D eigenvalue weighted by Gasteiger charge is -2.37. The van der Waals surface area contributed by atoms with Gasteiger partial charge in [-0.2, -0.15) is 0 Å². The number of nitrogens with one attached hydrogen (secondary N) is 1. The number of hydrogen-bond donors (Lipinski definition) is 2. The predicted octanol–water partition coefficient (Wildman–Crippen LogP) is 5.18. The molecule has 2 heterocycles. The Morgan fingerprint density at radius 1 is 0.971 bits per heavy atom. The molecule has 1 saturated heterocycles. The number of benzene rings is 2.